The summed E-state index contributed by atoms with van der Waals surface area (Å²) in [4.78, 5) is 57.1. The fourth-order valence-corrected chi connectivity index (χ4v) is 4.34. The van der Waals surface area contributed by atoms with Gasteiger partial charge in [-0.1, -0.05) is 52.3 Å². The Labute approximate surface area is 208 Å². The van der Waals surface area contributed by atoms with Gasteiger partial charge in [0.2, 0.25) is 0 Å². The van der Waals surface area contributed by atoms with Crippen LogP contribution in [0.4, 0.5) is 5.69 Å². The Bertz CT molecular complexity index is 1550. The molecular formula is C27H17BrN2O5. The Morgan fingerprint density at radius 2 is 1.60 bits per heavy atom. The summed E-state index contributed by atoms with van der Waals surface area (Å²) < 4.78 is 6.01. The van der Waals surface area contributed by atoms with E-state index in [1.807, 2.05) is 6.07 Å². The van der Waals surface area contributed by atoms with E-state index in [2.05, 4.69) is 20.9 Å². The number of amides is 2. The zero-order valence-electron chi connectivity index (χ0n) is 18.4. The van der Waals surface area contributed by atoms with E-state index in [4.69, 9.17) is 4.74 Å². The van der Waals surface area contributed by atoms with Crippen molar-refractivity contribution in [1.82, 2.24) is 4.98 Å². The quantitative estimate of drug-likeness (QED) is 0.202. The van der Waals surface area contributed by atoms with Crippen LogP contribution >= 0.6 is 15.9 Å². The van der Waals surface area contributed by atoms with Crippen molar-refractivity contribution in [1.29, 1.82) is 0 Å². The molecule has 35 heavy (non-hydrogen) atoms. The van der Waals surface area contributed by atoms with E-state index in [9.17, 15) is 19.2 Å². The van der Waals surface area contributed by atoms with Crippen molar-refractivity contribution in [2.24, 2.45) is 0 Å². The largest absolute Gasteiger partial charge is 0.454 e. The number of benzene rings is 3. The third kappa shape index (κ3) is 4.02. The molecular weight excluding hydrogens is 512 g/mol. The minimum absolute atomic E-state index is 0.113. The number of carbonyl (C=O) groups excluding carboxylic acids is 4. The molecule has 0 radical (unpaired) electrons. The number of imide groups is 1. The monoisotopic (exact) mass is 528 g/mol. The second kappa shape index (κ2) is 8.88. The molecule has 0 spiro atoms. The van der Waals surface area contributed by atoms with Gasteiger partial charge in [-0.2, -0.15) is 0 Å². The van der Waals surface area contributed by atoms with E-state index >= 15 is 0 Å². The Hall–Kier alpha value is -4.17. The topological polar surface area (TPSA) is 93.6 Å². The highest BCUT2D eigenvalue weighted by molar-refractivity contribution is 9.10. The number of para-hydroxylation sites is 1. The van der Waals surface area contributed by atoms with Gasteiger partial charge in [0.1, 0.15) is 0 Å². The van der Waals surface area contributed by atoms with Gasteiger partial charge >= 0.3 is 5.97 Å². The van der Waals surface area contributed by atoms with E-state index in [-0.39, 0.29) is 22.6 Å². The maximum atomic E-state index is 13.4. The molecule has 8 heteroatoms. The maximum Gasteiger partial charge on any atom is 0.338 e. The lowest BCUT2D eigenvalue weighted by Gasteiger charge is -2.15. The zero-order chi connectivity index (χ0) is 24.7. The molecule has 172 valence electrons. The Kier molecular flexibility index (Phi) is 5.74. The van der Waals surface area contributed by atoms with E-state index in [0.29, 0.717) is 27.7 Å². The summed E-state index contributed by atoms with van der Waals surface area (Å²) in [5, 5.41) is 0.593. The normalized spacial score (nSPS) is 12.7. The summed E-state index contributed by atoms with van der Waals surface area (Å²) in [7, 11) is 0. The van der Waals surface area contributed by atoms with Crippen LogP contribution in [0.1, 0.15) is 47.1 Å². The lowest BCUT2D eigenvalue weighted by atomic mass is 10.0. The van der Waals surface area contributed by atoms with Gasteiger partial charge in [-0.15, -0.1) is 0 Å². The maximum absolute atomic E-state index is 13.4. The molecule has 5 rings (SSSR count). The zero-order valence-corrected chi connectivity index (χ0v) is 20.0. The number of aromatic nitrogens is 1. The summed E-state index contributed by atoms with van der Waals surface area (Å²) in [5.74, 6) is -2.08. The van der Waals surface area contributed by atoms with E-state index in [1.54, 1.807) is 61.5 Å². The fraction of sp³-hybridized carbons (Fsp3) is 0.0741. The number of ketones is 1. The molecule has 4 aromatic rings. The first kappa shape index (κ1) is 22.6. The number of halogens is 1. The van der Waals surface area contributed by atoms with Crippen LogP contribution in [0, 0.1) is 6.92 Å². The molecule has 2 heterocycles. The molecule has 7 nitrogen and oxygen atoms in total. The van der Waals surface area contributed by atoms with Crippen molar-refractivity contribution in [3.8, 4) is 0 Å². The summed E-state index contributed by atoms with van der Waals surface area (Å²) in [6.45, 7) is 1.25. The van der Waals surface area contributed by atoms with Crippen molar-refractivity contribution >= 4 is 56.1 Å². The number of fused-ring (bicyclic) bond motifs is 3. The first-order valence-electron chi connectivity index (χ1n) is 10.7. The average molecular weight is 529 g/mol. The van der Waals surface area contributed by atoms with Gasteiger partial charge < -0.3 is 4.74 Å². The number of hydrogen-bond acceptors (Lipinski definition) is 6. The lowest BCUT2D eigenvalue weighted by Crippen LogP contribution is -2.29. The van der Waals surface area contributed by atoms with Crippen LogP contribution in [0.25, 0.3) is 10.9 Å². The lowest BCUT2D eigenvalue weighted by molar-refractivity contribution is 0.0474. The molecule has 0 N–H and O–H groups in total. The molecule has 0 unspecified atom stereocenters. The summed E-state index contributed by atoms with van der Waals surface area (Å²) in [5.41, 5.74) is 2.39. The van der Waals surface area contributed by atoms with Crippen LogP contribution in [0.5, 0.6) is 0 Å². The molecule has 1 aliphatic rings. The minimum atomic E-state index is -0.739. The molecule has 0 saturated carbocycles. The van der Waals surface area contributed by atoms with Gasteiger partial charge in [0, 0.05) is 15.4 Å². The molecule has 1 aliphatic heterocycles. The molecule has 1 aromatic heterocycles. The number of anilines is 1. The van der Waals surface area contributed by atoms with Crippen molar-refractivity contribution in [3.63, 3.8) is 0 Å². The number of nitrogens with zero attached hydrogens (tertiary/aromatic N) is 2. The number of Topliss-reactive ketones (excluding diaryl/α,β-unsaturated/α-hetero) is 1. The number of hydrogen-bond donors (Lipinski definition) is 0. The second-order valence-electron chi connectivity index (χ2n) is 7.97. The van der Waals surface area contributed by atoms with Gasteiger partial charge in [0.15, 0.2) is 12.4 Å². The Morgan fingerprint density at radius 3 is 2.37 bits per heavy atom. The van der Waals surface area contributed by atoms with Gasteiger partial charge in [-0.25, -0.2) is 9.69 Å². The van der Waals surface area contributed by atoms with Gasteiger partial charge in [-0.3, -0.25) is 19.4 Å². The fourth-order valence-electron chi connectivity index (χ4n) is 4.07. The number of carbonyl (C=O) groups is 4. The highest BCUT2D eigenvalue weighted by Gasteiger charge is 2.40. The number of aryl methyl sites for hydroxylation is 1. The second-order valence-corrected chi connectivity index (χ2v) is 8.88. The molecule has 0 atom stereocenters. The smallest absolute Gasteiger partial charge is 0.338 e. The molecule has 3 aromatic carbocycles. The number of ether oxygens (including phenoxy) is 1. The highest BCUT2D eigenvalue weighted by Crippen LogP contribution is 2.34. The third-order valence-electron chi connectivity index (χ3n) is 5.75. The molecule has 0 aliphatic carbocycles. The van der Waals surface area contributed by atoms with Crippen LogP contribution in [0.15, 0.2) is 77.3 Å². The van der Waals surface area contributed by atoms with Crippen molar-refractivity contribution < 1.29 is 23.9 Å². The third-order valence-corrected chi connectivity index (χ3v) is 6.28. The van der Waals surface area contributed by atoms with Crippen LogP contribution < -0.4 is 4.90 Å². The predicted octanol–water partition coefficient (Wildman–Crippen LogP) is 5.15. The first-order chi connectivity index (χ1) is 16.8. The summed E-state index contributed by atoms with van der Waals surface area (Å²) in [6.07, 6.45) is 0. The minimum Gasteiger partial charge on any atom is -0.454 e. The number of rotatable bonds is 5. The first-order valence-corrected chi connectivity index (χ1v) is 11.5. The van der Waals surface area contributed by atoms with Crippen LogP contribution in [-0.4, -0.2) is 35.2 Å². The van der Waals surface area contributed by atoms with E-state index in [1.165, 1.54) is 12.1 Å². The van der Waals surface area contributed by atoms with E-state index in [0.717, 1.165) is 9.37 Å². The van der Waals surface area contributed by atoms with Crippen molar-refractivity contribution in [2.75, 3.05) is 11.5 Å². The predicted molar refractivity (Wildman–Crippen MR) is 133 cm³/mol. The molecule has 2 amide bonds. The van der Waals surface area contributed by atoms with Gasteiger partial charge in [-0.05, 0) is 43.3 Å². The molecule has 0 fully saturated rings. The highest BCUT2D eigenvalue weighted by atomic mass is 79.9. The number of esters is 1. The molecule has 0 saturated heterocycles. The standard InChI is InChI=1S/C27H17BrN2O5/c1-15-23-24(20-7-2-3-8-21(20)29-15)26(33)30(25(23)32)19-6-4-5-17(13-19)27(34)35-14-22(31)16-9-11-18(28)12-10-16/h2-13H,14H2,1H3. The van der Waals surface area contributed by atoms with Gasteiger partial charge in [0.25, 0.3) is 11.8 Å². The van der Waals surface area contributed by atoms with Crippen molar-refractivity contribution in [2.45, 2.75) is 6.92 Å². The summed E-state index contributed by atoms with van der Waals surface area (Å²) >= 11 is 3.30. The SMILES string of the molecule is Cc1nc2ccccc2c2c1C(=O)N(c1cccc(C(=O)OCC(=O)c3ccc(Br)cc3)c1)C2=O. The van der Waals surface area contributed by atoms with Crippen molar-refractivity contribution in [3.05, 3.63) is 105 Å². The Morgan fingerprint density at radius 1 is 0.886 bits per heavy atom. The van der Waals surface area contributed by atoms with E-state index < -0.39 is 24.4 Å². The average Bonchev–Trinajstić information content (AvgIpc) is 3.13. The van der Waals surface area contributed by atoms with Gasteiger partial charge in [0.05, 0.1) is 33.6 Å². The number of pyridine rings is 1. The van der Waals surface area contributed by atoms with Crippen LogP contribution in [0.2, 0.25) is 0 Å². The van der Waals surface area contributed by atoms with Crippen LogP contribution in [0.3, 0.4) is 0 Å². The summed E-state index contributed by atoms with van der Waals surface area (Å²) in [6, 6.07) is 19.9. The van der Waals surface area contributed by atoms with Crippen LogP contribution in [-0.2, 0) is 4.74 Å². The molecule has 0 bridgehead atoms. The Balaban J connectivity index is 1.40.